The summed E-state index contributed by atoms with van der Waals surface area (Å²) in [6.45, 7) is 4.60. The van der Waals surface area contributed by atoms with Gasteiger partial charge in [-0.05, 0) is 30.3 Å². The molecule has 0 saturated carbocycles. The van der Waals surface area contributed by atoms with Gasteiger partial charge in [0.15, 0.2) is 7.38 Å². The van der Waals surface area contributed by atoms with Gasteiger partial charge >= 0.3 is 0 Å². The molecule has 0 saturated heterocycles. The van der Waals surface area contributed by atoms with Crippen molar-refractivity contribution in [3.8, 4) is 0 Å². The van der Waals surface area contributed by atoms with E-state index in [0.29, 0.717) is 0 Å². The Balaban J connectivity index is 3.22. The van der Waals surface area contributed by atoms with Crippen LogP contribution in [0, 0.1) is 0 Å². The second-order valence-electron chi connectivity index (χ2n) is 9.49. The van der Waals surface area contributed by atoms with Gasteiger partial charge in [0, 0.05) is 0 Å². The van der Waals surface area contributed by atoms with E-state index in [-0.39, 0.29) is 0 Å². The van der Waals surface area contributed by atoms with E-state index in [2.05, 4.69) is 26.5 Å². The molecule has 0 aliphatic rings. The minimum Gasteiger partial charge on any atom is -0.179 e. The van der Waals surface area contributed by atoms with Crippen molar-refractivity contribution in [2.24, 2.45) is 0 Å². The van der Waals surface area contributed by atoms with Crippen LogP contribution in [-0.4, -0.2) is 13.1 Å². The molecule has 0 aliphatic heterocycles. The van der Waals surface area contributed by atoms with E-state index in [1.165, 1.54) is 147 Å². The van der Waals surface area contributed by atoms with Crippen LogP contribution in [0.1, 0.15) is 142 Å². The van der Waals surface area contributed by atoms with Gasteiger partial charge in [-0.2, -0.15) is 23.7 Å². The van der Waals surface area contributed by atoms with Gasteiger partial charge in [-0.15, -0.1) is 0 Å². The average Bonchev–Trinajstić information content (AvgIpc) is 2.70. The largest absolute Gasteiger partial charge is 0.179 e. The molecule has 0 aromatic rings. The average molecular weight is 463 g/mol. The van der Waals surface area contributed by atoms with Crippen molar-refractivity contribution in [3.63, 3.8) is 0 Å². The molecule has 0 spiro atoms. The van der Waals surface area contributed by atoms with Gasteiger partial charge in [-0.1, -0.05) is 136 Å². The third-order valence-corrected chi connectivity index (χ3v) is 12.5. The Morgan fingerprint density at radius 2 is 0.724 bits per heavy atom. The molecule has 0 amide bonds. The van der Waals surface area contributed by atoms with E-state index in [1.807, 2.05) is 0 Å². The highest BCUT2D eigenvalue weighted by Gasteiger charge is 2.27. The molecule has 0 unspecified atom stereocenters. The van der Waals surface area contributed by atoms with Crippen LogP contribution in [0.25, 0.3) is 0 Å². The van der Waals surface area contributed by atoms with E-state index in [1.54, 1.807) is 0 Å². The normalized spacial score (nSPS) is 12.0. The second kappa shape index (κ2) is 23.5. The molecule has 0 rings (SSSR count). The lowest BCUT2D eigenvalue weighted by Gasteiger charge is -2.23. The number of hydrogen-bond donors (Lipinski definition) is 1. The van der Waals surface area contributed by atoms with Crippen LogP contribution in [0.3, 0.4) is 0 Å². The van der Waals surface area contributed by atoms with Gasteiger partial charge in [-0.3, -0.25) is 0 Å². The van der Waals surface area contributed by atoms with Crippen molar-refractivity contribution in [1.29, 1.82) is 0 Å². The van der Waals surface area contributed by atoms with Crippen LogP contribution in [0.2, 0.25) is 18.1 Å². The summed E-state index contributed by atoms with van der Waals surface area (Å²) >= 11 is 11.2. The van der Waals surface area contributed by atoms with Crippen LogP contribution in [-0.2, 0) is 0 Å². The van der Waals surface area contributed by atoms with Gasteiger partial charge in [-0.25, -0.2) is 0 Å². The van der Waals surface area contributed by atoms with Gasteiger partial charge in [0.1, 0.15) is 0 Å². The molecule has 0 aromatic carbocycles. The van der Waals surface area contributed by atoms with Crippen LogP contribution in [0.4, 0.5) is 0 Å². The standard InChI is InChI=1S/C26H55ClSSi/c1-3-24-29(27,25-4-2)26-22-20-18-16-14-12-10-8-6-5-7-9-11-13-15-17-19-21-23-28/h28H,3-26H2,1-2H3. The quantitative estimate of drug-likeness (QED) is 0.0626. The molecule has 29 heavy (non-hydrogen) atoms. The molecule has 176 valence electrons. The molecule has 0 nitrogen and oxygen atoms in total. The summed E-state index contributed by atoms with van der Waals surface area (Å²) in [6, 6.07) is 4.03. The summed E-state index contributed by atoms with van der Waals surface area (Å²) in [4.78, 5) is 0. The van der Waals surface area contributed by atoms with E-state index >= 15 is 0 Å². The summed E-state index contributed by atoms with van der Waals surface area (Å²) in [7, 11) is -1.39. The second-order valence-corrected chi connectivity index (χ2v) is 16.1. The highest BCUT2D eigenvalue weighted by atomic mass is 35.6. The predicted octanol–water partition coefficient (Wildman–Crippen LogP) is 10.9. The number of hydrogen-bond acceptors (Lipinski definition) is 1. The number of halogens is 1. The summed E-state index contributed by atoms with van der Waals surface area (Å²) in [5.41, 5.74) is 0. The first-order chi connectivity index (χ1) is 14.2. The van der Waals surface area contributed by atoms with Crippen molar-refractivity contribution in [2.45, 2.75) is 160 Å². The predicted molar refractivity (Wildman–Crippen MR) is 144 cm³/mol. The lowest BCUT2D eigenvalue weighted by molar-refractivity contribution is 0.526. The Hall–Kier alpha value is 0.857. The molecule has 0 N–H and O–H groups in total. The summed E-state index contributed by atoms with van der Waals surface area (Å²) in [5, 5.41) is 0. The maximum absolute atomic E-state index is 6.96. The fourth-order valence-electron chi connectivity index (χ4n) is 4.65. The first-order valence-corrected chi connectivity index (χ1v) is 17.7. The first-order valence-electron chi connectivity index (χ1n) is 13.5. The summed E-state index contributed by atoms with van der Waals surface area (Å²) in [5.74, 6) is 1.06. The molecule has 3 heteroatoms. The van der Waals surface area contributed by atoms with Crippen LogP contribution in [0.5, 0.6) is 0 Å². The summed E-state index contributed by atoms with van der Waals surface area (Å²) < 4.78 is 0. The third-order valence-electron chi connectivity index (χ3n) is 6.43. The smallest absolute Gasteiger partial charge is 0.156 e. The lowest BCUT2D eigenvalue weighted by Crippen LogP contribution is -2.25. The minimum absolute atomic E-state index is 1.06. The topological polar surface area (TPSA) is 0 Å². The molecular formula is C26H55ClSSi. The monoisotopic (exact) mass is 462 g/mol. The van der Waals surface area contributed by atoms with Crippen molar-refractivity contribution >= 4 is 31.1 Å². The first kappa shape index (κ1) is 29.9. The molecule has 0 aliphatic carbocycles. The van der Waals surface area contributed by atoms with Crippen molar-refractivity contribution in [2.75, 3.05) is 5.75 Å². The van der Waals surface area contributed by atoms with Crippen LogP contribution >= 0.6 is 23.7 Å². The zero-order chi connectivity index (χ0) is 21.5. The Bertz CT molecular complexity index is 305. The molecular weight excluding hydrogens is 408 g/mol. The van der Waals surface area contributed by atoms with E-state index < -0.39 is 7.38 Å². The molecule has 0 fully saturated rings. The van der Waals surface area contributed by atoms with E-state index in [0.717, 1.165) is 5.75 Å². The highest BCUT2D eigenvalue weighted by molar-refractivity contribution is 7.80. The van der Waals surface area contributed by atoms with Crippen molar-refractivity contribution < 1.29 is 0 Å². The highest BCUT2D eigenvalue weighted by Crippen LogP contribution is 2.31. The third kappa shape index (κ3) is 21.9. The van der Waals surface area contributed by atoms with Gasteiger partial charge in [0.05, 0.1) is 0 Å². The molecule has 0 atom stereocenters. The maximum Gasteiger partial charge on any atom is 0.156 e. The molecule has 0 aromatic heterocycles. The zero-order valence-corrected chi connectivity index (χ0v) is 22.9. The fourth-order valence-corrected chi connectivity index (χ4v) is 9.84. The Kier molecular flexibility index (Phi) is 24.2. The SMILES string of the molecule is CCC[Si](Cl)(CCC)CCCCCCCCCCCCCCCCCCCCS. The Labute approximate surface area is 196 Å². The summed E-state index contributed by atoms with van der Waals surface area (Å²) in [6.07, 6.45) is 28.5. The van der Waals surface area contributed by atoms with Crippen LogP contribution < -0.4 is 0 Å². The van der Waals surface area contributed by atoms with E-state index in [4.69, 9.17) is 11.1 Å². The molecule has 0 heterocycles. The van der Waals surface area contributed by atoms with Crippen LogP contribution in [0.15, 0.2) is 0 Å². The lowest BCUT2D eigenvalue weighted by atomic mass is 10.0. The Morgan fingerprint density at radius 3 is 1.00 bits per heavy atom. The van der Waals surface area contributed by atoms with Crippen molar-refractivity contribution in [1.82, 2.24) is 0 Å². The Morgan fingerprint density at radius 1 is 0.448 bits per heavy atom. The fraction of sp³-hybridized carbons (Fsp3) is 1.00. The molecule has 0 radical (unpaired) electrons. The van der Waals surface area contributed by atoms with Gasteiger partial charge in [0.2, 0.25) is 0 Å². The van der Waals surface area contributed by atoms with Gasteiger partial charge in [0.25, 0.3) is 0 Å². The maximum atomic E-state index is 6.96. The number of rotatable bonds is 24. The number of unbranched alkanes of at least 4 members (excludes halogenated alkanes) is 17. The van der Waals surface area contributed by atoms with Crippen molar-refractivity contribution in [3.05, 3.63) is 0 Å². The van der Waals surface area contributed by atoms with Gasteiger partial charge < -0.3 is 0 Å². The molecule has 0 bridgehead atoms. The van der Waals surface area contributed by atoms with E-state index in [9.17, 15) is 0 Å². The zero-order valence-electron chi connectivity index (χ0n) is 20.3. The number of thiol groups is 1. The minimum atomic E-state index is -1.39.